The van der Waals surface area contributed by atoms with Crippen LogP contribution in [-0.4, -0.2) is 33.5 Å². The Labute approximate surface area is 194 Å². The zero-order valence-electron chi connectivity index (χ0n) is 18.7. The lowest BCUT2D eigenvalue weighted by Gasteiger charge is -2.32. The highest BCUT2D eigenvalue weighted by Crippen LogP contribution is 2.55. The first kappa shape index (κ1) is 18.6. The fourth-order valence-corrected chi connectivity index (χ4v) is 7.30. The third kappa shape index (κ3) is 1.84. The molecule has 168 valence electrons. The van der Waals surface area contributed by atoms with E-state index in [1.165, 1.54) is 0 Å². The topological polar surface area (TPSA) is 94.1 Å². The van der Waals surface area contributed by atoms with Crippen molar-refractivity contribution in [2.45, 2.75) is 37.0 Å². The molecule has 0 saturated heterocycles. The number of benzene rings is 3. The van der Waals surface area contributed by atoms with Gasteiger partial charge in [-0.15, -0.1) is 0 Å². The Morgan fingerprint density at radius 1 is 1.03 bits per heavy atom. The van der Waals surface area contributed by atoms with E-state index in [1.807, 2.05) is 24.3 Å². The van der Waals surface area contributed by atoms with Crippen molar-refractivity contribution >= 4 is 55.4 Å². The van der Waals surface area contributed by atoms with Gasteiger partial charge in [0.05, 0.1) is 22.6 Å². The van der Waals surface area contributed by atoms with Crippen LogP contribution in [0.4, 0.5) is 0 Å². The molecular formula is C27H23N5O2. The van der Waals surface area contributed by atoms with Crippen LogP contribution < -0.4 is 16.4 Å². The smallest absolute Gasteiger partial charge is 0.252 e. The van der Waals surface area contributed by atoms with Crippen molar-refractivity contribution in [1.29, 1.82) is 0 Å². The molecule has 2 aromatic heterocycles. The number of para-hydroxylation sites is 2. The molecule has 34 heavy (non-hydrogen) atoms. The number of nitrogens with zero attached hydrogens (tertiary/aromatic N) is 2. The molecule has 8 rings (SSSR count). The fraction of sp³-hybridized carbons (Fsp3) is 0.259. The second kappa shape index (κ2) is 5.80. The van der Waals surface area contributed by atoms with Gasteiger partial charge in [-0.2, -0.15) is 0 Å². The number of rotatable bonds is 1. The quantitative estimate of drug-likeness (QED) is 0.366. The molecule has 2 aliphatic heterocycles. The van der Waals surface area contributed by atoms with Gasteiger partial charge >= 0.3 is 0 Å². The predicted molar refractivity (Wildman–Crippen MR) is 132 cm³/mol. The summed E-state index contributed by atoms with van der Waals surface area (Å²) in [6.07, 6.45) is 1.30. The second-order valence-electron chi connectivity index (χ2n) is 9.99. The average Bonchev–Trinajstić information content (AvgIpc) is 3.55. The van der Waals surface area contributed by atoms with E-state index in [0.29, 0.717) is 13.0 Å². The minimum absolute atomic E-state index is 0.00965. The summed E-state index contributed by atoms with van der Waals surface area (Å²) in [6, 6.07) is 16.5. The number of likely N-dealkylation sites (N-methyl/N-ethyl adjacent to an activating group) is 1. The highest BCUT2D eigenvalue weighted by Gasteiger charge is 2.54. The molecule has 0 spiro atoms. The maximum Gasteiger partial charge on any atom is 0.252 e. The number of nitrogens with one attached hydrogen (secondary N) is 2. The number of carbonyl (C=O) groups excluding carboxylic acids is 2. The second-order valence-corrected chi connectivity index (χ2v) is 9.99. The number of carbonyl (C=O) groups is 2. The van der Waals surface area contributed by atoms with Crippen LogP contribution in [0.3, 0.4) is 0 Å². The van der Waals surface area contributed by atoms with E-state index >= 15 is 0 Å². The molecule has 2 unspecified atom stereocenters. The maximum absolute atomic E-state index is 13.2. The summed E-state index contributed by atoms with van der Waals surface area (Å²) in [5, 5.41) is 10.2. The third-order valence-electron chi connectivity index (χ3n) is 8.54. The first-order valence-electron chi connectivity index (χ1n) is 11.8. The molecule has 1 fully saturated rings. The lowest BCUT2D eigenvalue weighted by molar-refractivity contribution is -0.126. The van der Waals surface area contributed by atoms with E-state index in [4.69, 9.17) is 5.73 Å². The highest BCUT2D eigenvalue weighted by molar-refractivity contribution is 6.31. The van der Waals surface area contributed by atoms with Crippen LogP contribution >= 0.6 is 0 Å². The summed E-state index contributed by atoms with van der Waals surface area (Å²) in [5.41, 5.74) is 12.2. The first-order chi connectivity index (χ1) is 16.5. The molecule has 2 amide bonds. The van der Waals surface area contributed by atoms with E-state index in [2.05, 4.69) is 44.0 Å². The van der Waals surface area contributed by atoms with Gasteiger partial charge in [-0.1, -0.05) is 36.4 Å². The number of hydrogen-bond acceptors (Lipinski definition) is 3. The summed E-state index contributed by atoms with van der Waals surface area (Å²) in [7, 11) is 1.66. The molecule has 7 heteroatoms. The Bertz CT molecular complexity index is 1780. The molecule has 1 saturated carbocycles. The van der Waals surface area contributed by atoms with Crippen LogP contribution in [0.15, 0.2) is 48.5 Å². The van der Waals surface area contributed by atoms with Crippen molar-refractivity contribution in [3.8, 4) is 0 Å². The van der Waals surface area contributed by atoms with E-state index < -0.39 is 5.54 Å². The molecule has 3 atom stereocenters. The molecule has 2 bridgehead atoms. The molecule has 4 heterocycles. The van der Waals surface area contributed by atoms with Crippen LogP contribution in [0.25, 0.3) is 43.6 Å². The van der Waals surface area contributed by atoms with Crippen LogP contribution in [0, 0.1) is 0 Å². The minimum atomic E-state index is -1.03. The van der Waals surface area contributed by atoms with E-state index in [1.54, 1.807) is 7.05 Å². The van der Waals surface area contributed by atoms with Crippen LogP contribution in [0.1, 0.15) is 40.8 Å². The SMILES string of the molecule is CNC(=O)[C@]1(N)CC2CC1n1c3ccccc3c3c4c(c5c6ccccc6n2c5c31)C(=O)NC4. The lowest BCUT2D eigenvalue weighted by Crippen LogP contribution is -2.56. The van der Waals surface area contributed by atoms with Crippen LogP contribution in [0.5, 0.6) is 0 Å². The van der Waals surface area contributed by atoms with Gasteiger partial charge in [0.2, 0.25) is 5.91 Å². The Morgan fingerprint density at radius 2 is 1.68 bits per heavy atom. The zero-order chi connectivity index (χ0) is 22.9. The maximum atomic E-state index is 13.2. The van der Waals surface area contributed by atoms with Crippen molar-refractivity contribution in [3.63, 3.8) is 0 Å². The first-order valence-corrected chi connectivity index (χ1v) is 11.8. The molecule has 7 nitrogen and oxygen atoms in total. The highest BCUT2D eigenvalue weighted by atomic mass is 16.2. The summed E-state index contributed by atoms with van der Waals surface area (Å²) >= 11 is 0. The van der Waals surface area contributed by atoms with E-state index in [9.17, 15) is 9.59 Å². The minimum Gasteiger partial charge on any atom is -0.358 e. The van der Waals surface area contributed by atoms with Crippen molar-refractivity contribution in [3.05, 3.63) is 59.7 Å². The average molecular weight is 450 g/mol. The van der Waals surface area contributed by atoms with Crippen molar-refractivity contribution in [1.82, 2.24) is 19.8 Å². The van der Waals surface area contributed by atoms with Gasteiger partial charge in [0, 0.05) is 52.2 Å². The van der Waals surface area contributed by atoms with Crippen molar-refractivity contribution in [2.24, 2.45) is 5.73 Å². The van der Waals surface area contributed by atoms with Gasteiger partial charge in [0.15, 0.2) is 0 Å². The third-order valence-corrected chi connectivity index (χ3v) is 8.54. The van der Waals surface area contributed by atoms with Crippen LogP contribution in [0.2, 0.25) is 0 Å². The van der Waals surface area contributed by atoms with Crippen LogP contribution in [-0.2, 0) is 11.3 Å². The number of aromatic nitrogens is 2. The summed E-state index contributed by atoms with van der Waals surface area (Å²) in [6.45, 7) is 0.505. The van der Waals surface area contributed by atoms with Gasteiger partial charge in [-0.3, -0.25) is 9.59 Å². The molecule has 5 aromatic rings. The van der Waals surface area contributed by atoms with E-state index in [0.717, 1.165) is 61.2 Å². The molecule has 1 aliphatic carbocycles. The van der Waals surface area contributed by atoms with Gasteiger partial charge in [0.1, 0.15) is 5.54 Å². The Balaban J connectivity index is 1.71. The predicted octanol–water partition coefficient (Wildman–Crippen LogP) is 3.48. The standard InChI is InChI=1S/C27H23N5O2/c1-29-26(34)27(28)11-13-10-19(27)32-18-9-5-2-6-14(18)20-16-12-30-25(33)22(16)21-15-7-3-4-8-17(15)31(13)24(21)23(20)32/h2-9,13,19H,10-12,28H2,1H3,(H,29,34)(H,30,33)/t13?,19?,27-/m0/s1. The Hall–Kier alpha value is -3.84. The Kier molecular flexibility index (Phi) is 3.17. The van der Waals surface area contributed by atoms with Gasteiger partial charge in [0.25, 0.3) is 5.91 Å². The molecule has 3 aromatic carbocycles. The van der Waals surface area contributed by atoms with E-state index in [-0.39, 0.29) is 23.9 Å². The molecule has 4 N–H and O–H groups in total. The largest absolute Gasteiger partial charge is 0.358 e. The number of nitrogens with two attached hydrogens (primary N) is 1. The van der Waals surface area contributed by atoms with Crippen molar-refractivity contribution in [2.75, 3.05) is 7.05 Å². The molecular weight excluding hydrogens is 426 g/mol. The number of amides is 2. The number of hydrogen-bond donors (Lipinski definition) is 3. The monoisotopic (exact) mass is 449 g/mol. The van der Waals surface area contributed by atoms with Gasteiger partial charge in [-0.25, -0.2) is 0 Å². The lowest BCUT2D eigenvalue weighted by atomic mass is 9.91. The summed E-state index contributed by atoms with van der Waals surface area (Å²) in [5.74, 6) is -0.135. The summed E-state index contributed by atoms with van der Waals surface area (Å²) < 4.78 is 4.71. The Morgan fingerprint density at radius 3 is 2.41 bits per heavy atom. The number of fused-ring (bicyclic) bond motifs is 13. The molecule has 0 radical (unpaired) electrons. The van der Waals surface area contributed by atoms with Crippen molar-refractivity contribution < 1.29 is 9.59 Å². The fourth-order valence-electron chi connectivity index (χ4n) is 7.30. The van der Waals surface area contributed by atoms with Gasteiger partial charge < -0.3 is 25.5 Å². The normalized spacial score (nSPS) is 24.9. The molecule has 3 aliphatic rings. The summed E-state index contributed by atoms with van der Waals surface area (Å²) in [4.78, 5) is 26.5. The zero-order valence-corrected chi connectivity index (χ0v) is 18.7. The van der Waals surface area contributed by atoms with Gasteiger partial charge in [-0.05, 0) is 30.5 Å².